The summed E-state index contributed by atoms with van der Waals surface area (Å²) in [5, 5.41) is 16.5. The molecule has 21 heavy (non-hydrogen) atoms. The van der Waals surface area contributed by atoms with Crippen molar-refractivity contribution in [3.63, 3.8) is 0 Å². The van der Waals surface area contributed by atoms with Crippen LogP contribution in [0.3, 0.4) is 0 Å². The standard InChI is InChI=1S/C15H26N4O2/c1-3-7-15(2,16)14(21)18-12-5-4-6-13-11(12)10-17-19(13)8-9-20/h10,12,20H,3-9,16H2,1-2H3,(H,18,21). The van der Waals surface area contributed by atoms with Crippen LogP contribution in [0.2, 0.25) is 0 Å². The average molecular weight is 294 g/mol. The fourth-order valence-corrected chi connectivity index (χ4v) is 3.01. The second kappa shape index (κ2) is 6.58. The molecule has 1 aromatic heterocycles. The Balaban J connectivity index is 2.12. The van der Waals surface area contributed by atoms with Gasteiger partial charge in [0.15, 0.2) is 0 Å². The van der Waals surface area contributed by atoms with Crippen LogP contribution < -0.4 is 11.1 Å². The number of aliphatic hydroxyl groups excluding tert-OH is 1. The van der Waals surface area contributed by atoms with Gasteiger partial charge in [-0.15, -0.1) is 0 Å². The van der Waals surface area contributed by atoms with E-state index in [1.807, 2.05) is 17.8 Å². The van der Waals surface area contributed by atoms with Gasteiger partial charge < -0.3 is 16.2 Å². The number of amides is 1. The van der Waals surface area contributed by atoms with Crippen molar-refractivity contribution in [3.8, 4) is 0 Å². The van der Waals surface area contributed by atoms with Crippen molar-refractivity contribution < 1.29 is 9.90 Å². The maximum absolute atomic E-state index is 12.4. The van der Waals surface area contributed by atoms with Crippen molar-refractivity contribution in [1.82, 2.24) is 15.1 Å². The number of fused-ring (bicyclic) bond motifs is 1. The fourth-order valence-electron chi connectivity index (χ4n) is 3.01. The van der Waals surface area contributed by atoms with Crippen LogP contribution in [0, 0.1) is 0 Å². The van der Waals surface area contributed by atoms with E-state index in [0.717, 1.165) is 36.9 Å². The molecule has 0 saturated carbocycles. The lowest BCUT2D eigenvalue weighted by molar-refractivity contribution is -0.126. The lowest BCUT2D eigenvalue weighted by Crippen LogP contribution is -2.52. The molecular weight excluding hydrogens is 268 g/mol. The number of nitrogens with zero attached hydrogens (tertiary/aromatic N) is 2. The summed E-state index contributed by atoms with van der Waals surface area (Å²) in [5.74, 6) is -0.0999. The molecule has 118 valence electrons. The molecule has 2 rings (SSSR count). The van der Waals surface area contributed by atoms with Crippen molar-refractivity contribution in [2.45, 2.75) is 64.1 Å². The molecule has 0 aromatic carbocycles. The predicted octanol–water partition coefficient (Wildman–Crippen LogP) is 0.886. The summed E-state index contributed by atoms with van der Waals surface area (Å²) in [6.45, 7) is 4.38. The zero-order chi connectivity index (χ0) is 15.5. The summed E-state index contributed by atoms with van der Waals surface area (Å²) in [6, 6.07) is -0.0200. The highest BCUT2D eigenvalue weighted by Gasteiger charge is 2.32. The van der Waals surface area contributed by atoms with Crippen molar-refractivity contribution in [3.05, 3.63) is 17.5 Å². The number of nitrogens with two attached hydrogens (primary N) is 1. The molecule has 0 bridgehead atoms. The summed E-state index contributed by atoms with van der Waals surface area (Å²) >= 11 is 0. The Hall–Kier alpha value is -1.40. The molecule has 4 N–H and O–H groups in total. The van der Waals surface area contributed by atoms with Gasteiger partial charge in [0.25, 0.3) is 0 Å². The summed E-state index contributed by atoms with van der Waals surface area (Å²) in [4.78, 5) is 12.4. The lowest BCUT2D eigenvalue weighted by Gasteiger charge is -2.29. The number of aliphatic hydroxyl groups is 1. The number of rotatable bonds is 6. The highest BCUT2D eigenvalue weighted by Crippen LogP contribution is 2.30. The van der Waals surface area contributed by atoms with E-state index in [4.69, 9.17) is 10.8 Å². The van der Waals surface area contributed by atoms with E-state index in [1.54, 1.807) is 6.92 Å². The minimum absolute atomic E-state index is 0.0200. The summed E-state index contributed by atoms with van der Waals surface area (Å²) in [7, 11) is 0. The van der Waals surface area contributed by atoms with Crippen molar-refractivity contribution >= 4 is 5.91 Å². The highest BCUT2D eigenvalue weighted by molar-refractivity contribution is 5.85. The van der Waals surface area contributed by atoms with E-state index in [1.165, 1.54) is 0 Å². The first kappa shape index (κ1) is 16.0. The van der Waals surface area contributed by atoms with Gasteiger partial charge in [0.2, 0.25) is 5.91 Å². The first-order valence-corrected chi connectivity index (χ1v) is 7.75. The second-order valence-corrected chi connectivity index (χ2v) is 6.08. The Morgan fingerprint density at radius 2 is 2.43 bits per heavy atom. The van der Waals surface area contributed by atoms with Crippen LogP contribution in [0.4, 0.5) is 0 Å². The fraction of sp³-hybridized carbons (Fsp3) is 0.733. The van der Waals surface area contributed by atoms with Gasteiger partial charge in [0, 0.05) is 11.3 Å². The van der Waals surface area contributed by atoms with Gasteiger partial charge in [-0.2, -0.15) is 5.10 Å². The van der Waals surface area contributed by atoms with Crippen LogP contribution in [0.25, 0.3) is 0 Å². The Labute approximate surface area is 125 Å². The van der Waals surface area contributed by atoms with Crippen LogP contribution in [-0.2, 0) is 17.8 Å². The van der Waals surface area contributed by atoms with Gasteiger partial charge in [-0.25, -0.2) is 0 Å². The molecule has 1 heterocycles. The molecule has 6 nitrogen and oxygen atoms in total. The molecule has 0 fully saturated rings. The van der Waals surface area contributed by atoms with Crippen molar-refractivity contribution in [1.29, 1.82) is 0 Å². The Morgan fingerprint density at radius 1 is 1.67 bits per heavy atom. The molecule has 6 heteroatoms. The first-order valence-electron chi connectivity index (χ1n) is 7.75. The molecular formula is C15H26N4O2. The molecule has 0 aliphatic heterocycles. The maximum Gasteiger partial charge on any atom is 0.240 e. The number of nitrogens with one attached hydrogen (secondary N) is 1. The molecule has 0 saturated heterocycles. The molecule has 1 aliphatic rings. The van der Waals surface area contributed by atoms with E-state index in [-0.39, 0.29) is 18.6 Å². The smallest absolute Gasteiger partial charge is 0.240 e. The predicted molar refractivity (Wildman–Crippen MR) is 80.6 cm³/mol. The lowest BCUT2D eigenvalue weighted by atomic mass is 9.90. The third kappa shape index (κ3) is 3.44. The van der Waals surface area contributed by atoms with Gasteiger partial charge in [0.05, 0.1) is 30.9 Å². The molecule has 2 unspecified atom stereocenters. The zero-order valence-corrected chi connectivity index (χ0v) is 12.9. The number of carbonyl (C=O) groups excluding carboxylic acids is 1. The molecule has 1 amide bonds. The number of carbonyl (C=O) groups is 1. The zero-order valence-electron chi connectivity index (χ0n) is 12.9. The van der Waals surface area contributed by atoms with Crippen LogP contribution in [0.1, 0.15) is 56.8 Å². The van der Waals surface area contributed by atoms with Crippen LogP contribution in [-0.4, -0.2) is 32.9 Å². The van der Waals surface area contributed by atoms with Gasteiger partial charge >= 0.3 is 0 Å². The van der Waals surface area contributed by atoms with Crippen molar-refractivity contribution in [2.24, 2.45) is 5.73 Å². The average Bonchev–Trinajstić information content (AvgIpc) is 2.84. The van der Waals surface area contributed by atoms with Gasteiger partial charge in [-0.3, -0.25) is 9.48 Å². The normalized spacial score (nSPS) is 20.7. The maximum atomic E-state index is 12.4. The molecule has 0 spiro atoms. The number of hydrogen-bond acceptors (Lipinski definition) is 4. The van der Waals surface area contributed by atoms with E-state index in [9.17, 15) is 4.79 Å². The number of aromatic nitrogens is 2. The molecule has 1 aromatic rings. The first-order chi connectivity index (χ1) is 9.99. The van der Waals surface area contributed by atoms with E-state index in [0.29, 0.717) is 13.0 Å². The number of hydrogen-bond donors (Lipinski definition) is 3. The SMILES string of the molecule is CCCC(C)(N)C(=O)NC1CCCc2c1cnn2CCO. The van der Waals surface area contributed by atoms with Crippen molar-refractivity contribution in [2.75, 3.05) is 6.61 Å². The van der Waals surface area contributed by atoms with E-state index in [2.05, 4.69) is 10.4 Å². The van der Waals surface area contributed by atoms with Crippen LogP contribution in [0.15, 0.2) is 6.20 Å². The van der Waals surface area contributed by atoms with Gasteiger partial charge in [0.1, 0.15) is 0 Å². The van der Waals surface area contributed by atoms with Gasteiger partial charge in [-0.05, 0) is 32.6 Å². The third-order valence-corrected chi connectivity index (χ3v) is 4.17. The van der Waals surface area contributed by atoms with Crippen LogP contribution >= 0.6 is 0 Å². The highest BCUT2D eigenvalue weighted by atomic mass is 16.3. The van der Waals surface area contributed by atoms with Crippen LogP contribution in [0.5, 0.6) is 0 Å². The summed E-state index contributed by atoms with van der Waals surface area (Å²) in [5.41, 5.74) is 7.45. The molecule has 2 atom stereocenters. The van der Waals surface area contributed by atoms with E-state index < -0.39 is 5.54 Å². The largest absolute Gasteiger partial charge is 0.394 e. The Bertz CT molecular complexity index is 496. The third-order valence-electron chi connectivity index (χ3n) is 4.17. The Kier molecular flexibility index (Phi) is 5.00. The molecule has 0 radical (unpaired) electrons. The minimum atomic E-state index is -0.826. The summed E-state index contributed by atoms with van der Waals surface area (Å²) in [6.07, 6.45) is 6.21. The quantitative estimate of drug-likeness (QED) is 0.726. The Morgan fingerprint density at radius 3 is 3.10 bits per heavy atom. The monoisotopic (exact) mass is 294 g/mol. The molecule has 1 aliphatic carbocycles. The van der Waals surface area contributed by atoms with E-state index >= 15 is 0 Å². The minimum Gasteiger partial charge on any atom is -0.394 e. The second-order valence-electron chi connectivity index (χ2n) is 6.08. The topological polar surface area (TPSA) is 93.2 Å². The summed E-state index contributed by atoms with van der Waals surface area (Å²) < 4.78 is 1.83. The van der Waals surface area contributed by atoms with Gasteiger partial charge in [-0.1, -0.05) is 13.3 Å².